The van der Waals surface area contributed by atoms with E-state index < -0.39 is 0 Å². The summed E-state index contributed by atoms with van der Waals surface area (Å²) in [4.78, 5) is 2.52. The first-order valence-corrected chi connectivity index (χ1v) is 7.40. The quantitative estimate of drug-likeness (QED) is 0.862. The van der Waals surface area contributed by atoms with Crippen molar-refractivity contribution in [2.45, 2.75) is 26.3 Å². The van der Waals surface area contributed by atoms with E-state index >= 15 is 0 Å². The van der Waals surface area contributed by atoms with E-state index in [1.54, 1.807) is 6.07 Å². The molecule has 1 unspecified atom stereocenters. The van der Waals surface area contributed by atoms with Gasteiger partial charge in [-0.25, -0.2) is 4.39 Å². The minimum Gasteiger partial charge on any atom is -0.312 e. The van der Waals surface area contributed by atoms with Crippen LogP contribution in [0.25, 0.3) is 0 Å². The molecule has 1 N–H and O–H groups in total. The van der Waals surface area contributed by atoms with Crippen LogP contribution >= 0.6 is 11.6 Å². The Morgan fingerprint density at radius 2 is 2.11 bits per heavy atom. The van der Waals surface area contributed by atoms with Gasteiger partial charge < -0.3 is 10.2 Å². The molecular formula is C15H22ClFN2. The van der Waals surface area contributed by atoms with E-state index in [0.29, 0.717) is 12.5 Å². The van der Waals surface area contributed by atoms with E-state index in [1.807, 2.05) is 6.07 Å². The van der Waals surface area contributed by atoms with Crippen LogP contribution in [-0.4, -0.2) is 31.1 Å². The van der Waals surface area contributed by atoms with Crippen molar-refractivity contribution in [2.75, 3.05) is 26.2 Å². The maximum Gasteiger partial charge on any atom is 0.142 e. The number of benzene rings is 1. The summed E-state index contributed by atoms with van der Waals surface area (Å²) >= 11 is 5.66. The standard InChI is InChI=1S/C15H22ClFN2/c1-12(11-19-6-2-3-7-19)9-18-10-13-4-5-14(16)15(17)8-13/h4-5,8,12,18H,2-3,6-7,9-11H2,1H3. The van der Waals surface area contributed by atoms with E-state index in [2.05, 4.69) is 17.1 Å². The Balaban J connectivity index is 1.68. The number of hydrogen-bond donors (Lipinski definition) is 1. The molecule has 1 saturated heterocycles. The maximum absolute atomic E-state index is 13.3. The zero-order chi connectivity index (χ0) is 13.7. The lowest BCUT2D eigenvalue weighted by Crippen LogP contribution is -2.31. The number of likely N-dealkylation sites (tertiary alicyclic amines) is 1. The minimum atomic E-state index is -0.342. The van der Waals surface area contributed by atoms with Gasteiger partial charge in [0.2, 0.25) is 0 Å². The smallest absolute Gasteiger partial charge is 0.142 e. The summed E-state index contributed by atoms with van der Waals surface area (Å²) < 4.78 is 13.3. The predicted octanol–water partition coefficient (Wildman–Crippen LogP) is 3.30. The highest BCUT2D eigenvalue weighted by atomic mass is 35.5. The van der Waals surface area contributed by atoms with Crippen LogP contribution in [0.5, 0.6) is 0 Å². The van der Waals surface area contributed by atoms with E-state index in [1.165, 1.54) is 32.0 Å². The Bertz CT molecular complexity index is 405. The molecule has 1 aliphatic rings. The number of nitrogens with one attached hydrogen (secondary N) is 1. The van der Waals surface area contributed by atoms with Crippen LogP contribution in [-0.2, 0) is 6.54 Å². The lowest BCUT2D eigenvalue weighted by Gasteiger charge is -2.20. The molecule has 1 aromatic rings. The number of nitrogens with zero attached hydrogens (tertiary/aromatic N) is 1. The van der Waals surface area contributed by atoms with Crippen LogP contribution in [0.15, 0.2) is 18.2 Å². The first-order chi connectivity index (χ1) is 9.15. The van der Waals surface area contributed by atoms with Crippen LogP contribution in [0.2, 0.25) is 5.02 Å². The zero-order valence-electron chi connectivity index (χ0n) is 11.5. The highest BCUT2D eigenvalue weighted by Gasteiger charge is 2.14. The fourth-order valence-corrected chi connectivity index (χ4v) is 2.70. The normalized spacial score (nSPS) is 17.8. The van der Waals surface area contributed by atoms with E-state index in [0.717, 1.165) is 18.7 Å². The van der Waals surface area contributed by atoms with Crippen LogP contribution in [0.1, 0.15) is 25.3 Å². The third-order valence-electron chi connectivity index (χ3n) is 3.57. The van der Waals surface area contributed by atoms with Crippen LogP contribution in [0.4, 0.5) is 4.39 Å². The molecule has 0 aliphatic carbocycles. The van der Waals surface area contributed by atoms with Gasteiger partial charge in [0.05, 0.1) is 5.02 Å². The van der Waals surface area contributed by atoms with E-state index in [4.69, 9.17) is 11.6 Å². The van der Waals surface area contributed by atoms with Gasteiger partial charge in [-0.05, 0) is 56.1 Å². The van der Waals surface area contributed by atoms with E-state index in [-0.39, 0.29) is 10.8 Å². The largest absolute Gasteiger partial charge is 0.312 e. The third kappa shape index (κ3) is 4.75. The van der Waals surface area contributed by atoms with Gasteiger partial charge in [0.25, 0.3) is 0 Å². The molecule has 4 heteroatoms. The van der Waals surface area contributed by atoms with Crippen molar-refractivity contribution in [1.29, 1.82) is 0 Å². The Labute approximate surface area is 119 Å². The van der Waals surface area contributed by atoms with Gasteiger partial charge in [-0.2, -0.15) is 0 Å². The number of rotatable bonds is 6. The highest BCUT2D eigenvalue weighted by Crippen LogP contribution is 2.15. The highest BCUT2D eigenvalue weighted by molar-refractivity contribution is 6.30. The topological polar surface area (TPSA) is 15.3 Å². The molecule has 2 nitrogen and oxygen atoms in total. The predicted molar refractivity (Wildman–Crippen MR) is 78.0 cm³/mol. The first-order valence-electron chi connectivity index (χ1n) is 7.02. The second-order valence-corrected chi connectivity index (χ2v) is 5.90. The Morgan fingerprint density at radius 3 is 2.79 bits per heavy atom. The van der Waals surface area contributed by atoms with Crippen LogP contribution < -0.4 is 5.32 Å². The molecule has 1 atom stereocenters. The summed E-state index contributed by atoms with van der Waals surface area (Å²) in [7, 11) is 0. The van der Waals surface area contributed by atoms with Gasteiger partial charge in [0, 0.05) is 13.1 Å². The van der Waals surface area contributed by atoms with Crippen molar-refractivity contribution in [2.24, 2.45) is 5.92 Å². The lowest BCUT2D eigenvalue weighted by atomic mass is 10.1. The lowest BCUT2D eigenvalue weighted by molar-refractivity contribution is 0.282. The monoisotopic (exact) mass is 284 g/mol. The minimum absolute atomic E-state index is 0.186. The summed E-state index contributed by atoms with van der Waals surface area (Å²) in [5.74, 6) is 0.279. The zero-order valence-corrected chi connectivity index (χ0v) is 12.2. The molecule has 2 rings (SSSR count). The van der Waals surface area contributed by atoms with Crippen molar-refractivity contribution in [1.82, 2.24) is 10.2 Å². The molecule has 106 valence electrons. The molecule has 1 fully saturated rings. The molecule has 0 bridgehead atoms. The summed E-state index contributed by atoms with van der Waals surface area (Å²) in [6.07, 6.45) is 2.68. The third-order valence-corrected chi connectivity index (χ3v) is 3.88. The summed E-state index contributed by atoms with van der Waals surface area (Å²) in [6, 6.07) is 4.98. The number of hydrogen-bond acceptors (Lipinski definition) is 2. The molecule has 1 aromatic carbocycles. The molecule has 19 heavy (non-hydrogen) atoms. The first kappa shape index (κ1) is 14.8. The average molecular weight is 285 g/mol. The van der Waals surface area contributed by atoms with Gasteiger partial charge in [0.15, 0.2) is 0 Å². The molecule has 0 aromatic heterocycles. The molecule has 0 saturated carbocycles. The SMILES string of the molecule is CC(CNCc1ccc(Cl)c(F)c1)CN1CCCC1. The second-order valence-electron chi connectivity index (χ2n) is 5.49. The Hall–Kier alpha value is -0.640. The number of halogens is 2. The summed E-state index contributed by atoms with van der Waals surface area (Å²) in [5, 5.41) is 3.57. The maximum atomic E-state index is 13.3. The summed E-state index contributed by atoms with van der Waals surface area (Å²) in [6.45, 7) is 7.55. The van der Waals surface area contributed by atoms with Crippen molar-refractivity contribution < 1.29 is 4.39 Å². The summed E-state index contributed by atoms with van der Waals surface area (Å²) in [5.41, 5.74) is 0.940. The van der Waals surface area contributed by atoms with Crippen molar-refractivity contribution in [3.63, 3.8) is 0 Å². The molecule has 0 radical (unpaired) electrons. The molecular weight excluding hydrogens is 263 g/mol. The van der Waals surface area contributed by atoms with Crippen molar-refractivity contribution >= 4 is 11.6 Å². The fraction of sp³-hybridized carbons (Fsp3) is 0.600. The second kappa shape index (κ2) is 7.22. The van der Waals surface area contributed by atoms with E-state index in [9.17, 15) is 4.39 Å². The fourth-order valence-electron chi connectivity index (χ4n) is 2.58. The molecule has 1 aliphatic heterocycles. The van der Waals surface area contributed by atoms with Gasteiger partial charge >= 0.3 is 0 Å². The van der Waals surface area contributed by atoms with Gasteiger partial charge in [-0.3, -0.25) is 0 Å². The Morgan fingerprint density at radius 1 is 1.37 bits per heavy atom. The van der Waals surface area contributed by atoms with Crippen LogP contribution in [0.3, 0.4) is 0 Å². The molecule has 1 heterocycles. The van der Waals surface area contributed by atoms with Gasteiger partial charge in [-0.1, -0.05) is 24.6 Å². The van der Waals surface area contributed by atoms with Crippen molar-refractivity contribution in [3.05, 3.63) is 34.6 Å². The van der Waals surface area contributed by atoms with Crippen LogP contribution in [0, 0.1) is 11.7 Å². The average Bonchev–Trinajstić information content (AvgIpc) is 2.86. The van der Waals surface area contributed by atoms with Gasteiger partial charge in [-0.15, -0.1) is 0 Å². The Kier molecular flexibility index (Phi) is 5.61. The van der Waals surface area contributed by atoms with Gasteiger partial charge in [0.1, 0.15) is 5.82 Å². The molecule has 0 amide bonds. The van der Waals surface area contributed by atoms with Crippen molar-refractivity contribution in [3.8, 4) is 0 Å². The molecule has 0 spiro atoms.